The van der Waals surface area contributed by atoms with E-state index in [0.29, 0.717) is 5.92 Å². The predicted octanol–water partition coefficient (Wildman–Crippen LogP) is 3.86. The van der Waals surface area contributed by atoms with Crippen LogP contribution >= 0.6 is 0 Å². The van der Waals surface area contributed by atoms with Crippen molar-refractivity contribution in [1.82, 2.24) is 0 Å². The van der Waals surface area contributed by atoms with E-state index in [1.54, 1.807) is 7.11 Å². The van der Waals surface area contributed by atoms with E-state index in [9.17, 15) is 0 Å². The van der Waals surface area contributed by atoms with Gasteiger partial charge in [0, 0.05) is 11.5 Å². The minimum Gasteiger partial charge on any atom is -0.497 e. The second kappa shape index (κ2) is 4.02. The molecule has 0 bridgehead atoms. The van der Waals surface area contributed by atoms with Gasteiger partial charge >= 0.3 is 0 Å². The maximum Gasteiger partial charge on any atom is 0.131 e. The lowest BCUT2D eigenvalue weighted by molar-refractivity contribution is 0.195. The highest BCUT2D eigenvalue weighted by molar-refractivity contribution is 5.48. The minimum absolute atomic E-state index is 0.163. The fourth-order valence-corrected chi connectivity index (χ4v) is 3.37. The molecule has 2 atom stereocenters. The molecule has 0 amide bonds. The molecular formula is C17H16O2. The van der Waals surface area contributed by atoms with Gasteiger partial charge in [0.05, 0.1) is 7.11 Å². The molecule has 96 valence electrons. The Hall–Kier alpha value is -1.96. The molecular weight excluding hydrogens is 236 g/mol. The van der Waals surface area contributed by atoms with E-state index in [-0.39, 0.29) is 6.10 Å². The number of hydrogen-bond donors (Lipinski definition) is 0. The van der Waals surface area contributed by atoms with Crippen molar-refractivity contribution in [2.24, 2.45) is 0 Å². The molecule has 1 aliphatic heterocycles. The van der Waals surface area contributed by atoms with Crippen molar-refractivity contribution in [1.29, 1.82) is 0 Å². The molecule has 0 radical (unpaired) electrons. The molecule has 2 aromatic rings. The molecule has 0 unspecified atom stereocenters. The molecule has 2 nitrogen and oxygen atoms in total. The first kappa shape index (κ1) is 10.9. The number of fused-ring (bicyclic) bond motifs is 5. The summed E-state index contributed by atoms with van der Waals surface area (Å²) < 4.78 is 11.5. The molecule has 2 heteroatoms. The van der Waals surface area contributed by atoms with Crippen LogP contribution in [0.4, 0.5) is 0 Å². The monoisotopic (exact) mass is 252 g/mol. The smallest absolute Gasteiger partial charge is 0.131 e. The predicted molar refractivity (Wildman–Crippen MR) is 73.9 cm³/mol. The van der Waals surface area contributed by atoms with Crippen LogP contribution < -0.4 is 9.47 Å². The topological polar surface area (TPSA) is 18.5 Å². The highest BCUT2D eigenvalue weighted by Crippen LogP contribution is 2.51. The average Bonchev–Trinajstić information content (AvgIpc) is 2.85. The summed E-state index contributed by atoms with van der Waals surface area (Å²) in [5.74, 6) is 2.46. The quantitative estimate of drug-likeness (QED) is 0.767. The fraction of sp³-hybridized carbons (Fsp3) is 0.294. The Morgan fingerprint density at radius 1 is 1.11 bits per heavy atom. The van der Waals surface area contributed by atoms with Crippen LogP contribution in [0.1, 0.15) is 35.1 Å². The van der Waals surface area contributed by atoms with E-state index >= 15 is 0 Å². The molecule has 0 aromatic heterocycles. The Morgan fingerprint density at radius 2 is 2.00 bits per heavy atom. The second-order valence-electron chi connectivity index (χ2n) is 5.29. The Morgan fingerprint density at radius 3 is 2.89 bits per heavy atom. The zero-order valence-corrected chi connectivity index (χ0v) is 10.9. The first-order chi connectivity index (χ1) is 9.36. The Balaban J connectivity index is 1.81. The van der Waals surface area contributed by atoms with Gasteiger partial charge in [-0.3, -0.25) is 0 Å². The lowest BCUT2D eigenvalue weighted by Crippen LogP contribution is -2.18. The van der Waals surface area contributed by atoms with Crippen molar-refractivity contribution in [3.8, 4) is 11.5 Å². The zero-order valence-electron chi connectivity index (χ0n) is 10.9. The summed E-state index contributed by atoms with van der Waals surface area (Å²) in [6, 6.07) is 14.8. The largest absolute Gasteiger partial charge is 0.497 e. The molecule has 0 spiro atoms. The van der Waals surface area contributed by atoms with Crippen molar-refractivity contribution < 1.29 is 9.47 Å². The standard InChI is InChI=1S/C17H16O2/c1-18-12-8-6-11-7-9-14-13-4-2-3-5-16(13)19-17(14)15(11)10-12/h2-6,8,10,14,17H,7,9H2,1H3/t14-,17+/m0/s1. The van der Waals surface area contributed by atoms with Gasteiger partial charge in [-0.2, -0.15) is 0 Å². The number of benzene rings is 2. The Bertz CT molecular complexity index is 633. The SMILES string of the molecule is COc1ccc2c(c1)[C@@H]1Oc3ccccc3[C@@H]1CC2. The van der Waals surface area contributed by atoms with E-state index in [0.717, 1.165) is 17.9 Å². The molecule has 0 fully saturated rings. The summed E-state index contributed by atoms with van der Waals surface area (Å²) in [7, 11) is 1.71. The molecule has 1 heterocycles. The van der Waals surface area contributed by atoms with Crippen LogP contribution in [0.5, 0.6) is 11.5 Å². The van der Waals surface area contributed by atoms with Gasteiger partial charge in [-0.1, -0.05) is 24.3 Å². The zero-order chi connectivity index (χ0) is 12.8. The van der Waals surface area contributed by atoms with Gasteiger partial charge in [0.1, 0.15) is 17.6 Å². The molecule has 4 rings (SSSR count). The first-order valence-corrected chi connectivity index (χ1v) is 6.79. The molecule has 2 aliphatic rings. The van der Waals surface area contributed by atoms with E-state index in [1.165, 1.54) is 23.1 Å². The molecule has 19 heavy (non-hydrogen) atoms. The molecule has 1 aliphatic carbocycles. The summed E-state index contributed by atoms with van der Waals surface area (Å²) in [6.07, 6.45) is 2.45. The van der Waals surface area contributed by atoms with Crippen molar-refractivity contribution in [3.63, 3.8) is 0 Å². The normalized spacial score (nSPS) is 23.0. The molecule has 0 saturated heterocycles. The van der Waals surface area contributed by atoms with Crippen molar-refractivity contribution in [2.45, 2.75) is 24.9 Å². The molecule has 0 N–H and O–H groups in total. The number of ether oxygens (including phenoxy) is 2. The first-order valence-electron chi connectivity index (χ1n) is 6.79. The van der Waals surface area contributed by atoms with E-state index < -0.39 is 0 Å². The van der Waals surface area contributed by atoms with Gasteiger partial charge in [-0.15, -0.1) is 0 Å². The van der Waals surface area contributed by atoms with Crippen LogP contribution in [0.2, 0.25) is 0 Å². The third-order valence-electron chi connectivity index (χ3n) is 4.32. The summed E-state index contributed by atoms with van der Waals surface area (Å²) in [6.45, 7) is 0. The third-order valence-corrected chi connectivity index (χ3v) is 4.32. The van der Waals surface area contributed by atoms with Gasteiger partial charge < -0.3 is 9.47 Å². The van der Waals surface area contributed by atoms with Gasteiger partial charge in [-0.05, 0) is 42.2 Å². The van der Waals surface area contributed by atoms with E-state index in [4.69, 9.17) is 9.47 Å². The van der Waals surface area contributed by atoms with Crippen molar-refractivity contribution in [3.05, 3.63) is 59.2 Å². The lowest BCUT2D eigenvalue weighted by atomic mass is 9.79. The van der Waals surface area contributed by atoms with Crippen LogP contribution in [0.25, 0.3) is 0 Å². The summed E-state index contributed by atoms with van der Waals surface area (Å²) in [5, 5.41) is 0. The van der Waals surface area contributed by atoms with Crippen molar-refractivity contribution in [2.75, 3.05) is 7.11 Å². The van der Waals surface area contributed by atoms with Crippen LogP contribution in [-0.2, 0) is 6.42 Å². The summed E-state index contributed by atoms with van der Waals surface area (Å²) >= 11 is 0. The number of para-hydroxylation sites is 1. The number of rotatable bonds is 1. The minimum atomic E-state index is 0.163. The van der Waals surface area contributed by atoms with E-state index in [2.05, 4.69) is 30.3 Å². The summed E-state index contributed by atoms with van der Waals surface area (Å²) in [4.78, 5) is 0. The van der Waals surface area contributed by atoms with Crippen LogP contribution in [0.3, 0.4) is 0 Å². The highest BCUT2D eigenvalue weighted by atomic mass is 16.5. The van der Waals surface area contributed by atoms with Gasteiger partial charge in [0.15, 0.2) is 0 Å². The molecule has 0 saturated carbocycles. The third kappa shape index (κ3) is 1.56. The van der Waals surface area contributed by atoms with Gasteiger partial charge in [-0.25, -0.2) is 0 Å². The number of hydrogen-bond acceptors (Lipinski definition) is 2. The second-order valence-corrected chi connectivity index (χ2v) is 5.29. The number of methoxy groups -OCH3 is 1. The van der Waals surface area contributed by atoms with Crippen LogP contribution in [0, 0.1) is 0 Å². The molecule has 2 aromatic carbocycles. The van der Waals surface area contributed by atoms with Crippen LogP contribution in [0.15, 0.2) is 42.5 Å². The average molecular weight is 252 g/mol. The van der Waals surface area contributed by atoms with Gasteiger partial charge in [0.2, 0.25) is 0 Å². The van der Waals surface area contributed by atoms with Crippen LogP contribution in [-0.4, -0.2) is 7.11 Å². The Kier molecular flexibility index (Phi) is 2.31. The summed E-state index contributed by atoms with van der Waals surface area (Å²) in [5.41, 5.74) is 4.06. The number of aryl methyl sites for hydroxylation is 1. The maximum atomic E-state index is 6.18. The Labute approximate surface area is 113 Å². The van der Waals surface area contributed by atoms with E-state index in [1.807, 2.05) is 12.1 Å². The van der Waals surface area contributed by atoms with Gasteiger partial charge in [0.25, 0.3) is 0 Å². The van der Waals surface area contributed by atoms with Crippen molar-refractivity contribution >= 4 is 0 Å². The fourth-order valence-electron chi connectivity index (χ4n) is 3.37. The highest BCUT2D eigenvalue weighted by Gasteiger charge is 2.39. The maximum absolute atomic E-state index is 6.18. The lowest BCUT2D eigenvalue weighted by Gasteiger charge is -2.27.